The third-order valence-corrected chi connectivity index (χ3v) is 5.53. The average Bonchev–Trinajstić information content (AvgIpc) is 2.60. The lowest BCUT2D eigenvalue weighted by Crippen LogP contribution is -2.51. The molecule has 132 valence electrons. The number of rotatable bonds is 5. The smallest absolute Gasteiger partial charge is 0.410 e. The topological polar surface area (TPSA) is 48.0 Å². The summed E-state index contributed by atoms with van der Waals surface area (Å²) in [6.45, 7) is 1.91. The van der Waals surface area contributed by atoms with E-state index in [1.807, 2.05) is 35.2 Å². The second kappa shape index (κ2) is 7.53. The Balaban J connectivity index is 1.42. The molecule has 1 aliphatic carbocycles. The minimum Gasteiger partial charge on any atom is -0.445 e. The van der Waals surface area contributed by atoms with Gasteiger partial charge in [0.05, 0.1) is 0 Å². The van der Waals surface area contributed by atoms with Gasteiger partial charge in [-0.15, -0.1) is 0 Å². The van der Waals surface area contributed by atoms with Gasteiger partial charge in [0.25, 0.3) is 0 Å². The highest BCUT2D eigenvalue weighted by Gasteiger charge is 2.49. The molecule has 1 aromatic carbocycles. The van der Waals surface area contributed by atoms with Gasteiger partial charge in [-0.05, 0) is 36.7 Å². The number of hydrogen-bond donors (Lipinski definition) is 0. The summed E-state index contributed by atoms with van der Waals surface area (Å²) in [5, 5.41) is 0. The van der Waals surface area contributed by atoms with Crippen LogP contribution in [0, 0.1) is 11.3 Å². The quantitative estimate of drug-likeness (QED) is 0.775. The van der Waals surface area contributed by atoms with Crippen LogP contribution >= 0.6 is 0 Å². The summed E-state index contributed by atoms with van der Waals surface area (Å²) < 4.78 is 16.2. The Kier molecular flexibility index (Phi) is 5.41. The van der Waals surface area contributed by atoms with Crippen molar-refractivity contribution in [2.75, 3.05) is 27.3 Å². The standard InChI is InChI=1S/C19H27NO4/c1-22-17(23-2)16-12-19(13-16)8-10-20(11-9-19)18(21)24-14-15-6-4-3-5-7-15/h3-7,16-17H,8-14H2,1-2H3. The largest absolute Gasteiger partial charge is 0.445 e. The van der Waals surface area contributed by atoms with Crippen LogP contribution in [0.5, 0.6) is 0 Å². The van der Waals surface area contributed by atoms with Crippen molar-refractivity contribution >= 4 is 6.09 Å². The number of carbonyl (C=O) groups excluding carboxylic acids is 1. The average molecular weight is 333 g/mol. The number of hydrogen-bond acceptors (Lipinski definition) is 4. The van der Waals surface area contributed by atoms with Crippen LogP contribution in [0.1, 0.15) is 31.2 Å². The fraction of sp³-hybridized carbons (Fsp3) is 0.632. The summed E-state index contributed by atoms with van der Waals surface area (Å²) in [6.07, 6.45) is 4.06. The van der Waals surface area contributed by atoms with Crippen molar-refractivity contribution < 1.29 is 19.0 Å². The van der Waals surface area contributed by atoms with Gasteiger partial charge >= 0.3 is 6.09 Å². The van der Waals surface area contributed by atoms with Crippen molar-refractivity contribution in [1.82, 2.24) is 4.90 Å². The first-order valence-electron chi connectivity index (χ1n) is 8.67. The first-order chi connectivity index (χ1) is 11.7. The molecular weight excluding hydrogens is 306 g/mol. The molecular formula is C19H27NO4. The number of amides is 1. The van der Waals surface area contributed by atoms with Crippen LogP contribution in [0.25, 0.3) is 0 Å². The predicted octanol–water partition coefficient (Wildman–Crippen LogP) is 3.43. The Morgan fingerprint density at radius 3 is 2.38 bits per heavy atom. The highest BCUT2D eigenvalue weighted by molar-refractivity contribution is 5.67. The van der Waals surface area contributed by atoms with Crippen molar-refractivity contribution in [3.8, 4) is 0 Å². The molecule has 1 saturated heterocycles. The van der Waals surface area contributed by atoms with E-state index in [2.05, 4.69) is 0 Å². The second-order valence-electron chi connectivity index (χ2n) is 7.04. The first kappa shape index (κ1) is 17.2. The lowest BCUT2D eigenvalue weighted by atomic mass is 9.57. The Morgan fingerprint density at radius 2 is 1.79 bits per heavy atom. The number of carbonyl (C=O) groups is 1. The highest BCUT2D eigenvalue weighted by Crippen LogP contribution is 2.54. The maximum Gasteiger partial charge on any atom is 0.410 e. The molecule has 1 aromatic rings. The minimum atomic E-state index is -0.198. The van der Waals surface area contributed by atoms with E-state index >= 15 is 0 Å². The van der Waals surface area contributed by atoms with E-state index in [1.165, 1.54) is 0 Å². The predicted molar refractivity (Wildman–Crippen MR) is 90.4 cm³/mol. The van der Waals surface area contributed by atoms with Gasteiger partial charge in [0.2, 0.25) is 0 Å². The van der Waals surface area contributed by atoms with Crippen LogP contribution in [-0.2, 0) is 20.8 Å². The number of likely N-dealkylation sites (tertiary alicyclic amines) is 1. The third-order valence-electron chi connectivity index (χ3n) is 5.53. The first-order valence-corrected chi connectivity index (χ1v) is 8.67. The molecule has 0 atom stereocenters. The Bertz CT molecular complexity index is 528. The molecule has 0 radical (unpaired) electrons. The molecule has 2 fully saturated rings. The van der Waals surface area contributed by atoms with E-state index in [0.717, 1.165) is 44.3 Å². The van der Waals surface area contributed by atoms with E-state index in [9.17, 15) is 4.79 Å². The molecule has 1 amide bonds. The van der Waals surface area contributed by atoms with Crippen molar-refractivity contribution in [3.63, 3.8) is 0 Å². The molecule has 1 spiro atoms. The molecule has 0 N–H and O–H groups in total. The zero-order chi connectivity index (χ0) is 17.0. The SMILES string of the molecule is COC(OC)C1CC2(CCN(C(=O)OCc3ccccc3)CC2)C1. The molecule has 24 heavy (non-hydrogen) atoms. The normalized spacial score (nSPS) is 20.2. The van der Waals surface area contributed by atoms with Crippen LogP contribution < -0.4 is 0 Å². The number of methoxy groups -OCH3 is 2. The van der Waals surface area contributed by atoms with Crippen molar-refractivity contribution in [3.05, 3.63) is 35.9 Å². The van der Waals surface area contributed by atoms with Crippen molar-refractivity contribution in [2.24, 2.45) is 11.3 Å². The molecule has 5 heteroatoms. The fourth-order valence-electron chi connectivity index (χ4n) is 4.11. The summed E-state index contributed by atoms with van der Waals surface area (Å²) in [5.41, 5.74) is 1.39. The maximum absolute atomic E-state index is 12.2. The lowest BCUT2D eigenvalue weighted by Gasteiger charge is -2.53. The minimum absolute atomic E-state index is 0.0931. The van der Waals surface area contributed by atoms with Crippen molar-refractivity contribution in [2.45, 2.75) is 38.6 Å². The zero-order valence-corrected chi connectivity index (χ0v) is 14.6. The van der Waals surface area contributed by atoms with Crippen LogP contribution in [0.3, 0.4) is 0 Å². The van der Waals surface area contributed by atoms with Gasteiger partial charge in [0, 0.05) is 33.2 Å². The van der Waals surface area contributed by atoms with Crippen LogP contribution in [0.15, 0.2) is 30.3 Å². The number of benzene rings is 1. The molecule has 5 nitrogen and oxygen atoms in total. The molecule has 1 aliphatic heterocycles. The lowest BCUT2D eigenvalue weighted by molar-refractivity contribution is -0.187. The van der Waals surface area contributed by atoms with E-state index in [0.29, 0.717) is 17.9 Å². The molecule has 0 bridgehead atoms. The van der Waals surface area contributed by atoms with Crippen LogP contribution in [0.4, 0.5) is 4.79 Å². The van der Waals surface area contributed by atoms with E-state index in [-0.39, 0.29) is 12.4 Å². The third kappa shape index (κ3) is 3.73. The van der Waals surface area contributed by atoms with Crippen LogP contribution in [0.2, 0.25) is 0 Å². The molecule has 2 aliphatic rings. The molecule has 0 unspecified atom stereocenters. The van der Waals surface area contributed by atoms with Gasteiger partial charge in [0.1, 0.15) is 6.61 Å². The van der Waals surface area contributed by atoms with Gasteiger partial charge < -0.3 is 19.1 Å². The van der Waals surface area contributed by atoms with Gasteiger partial charge in [-0.2, -0.15) is 0 Å². The van der Waals surface area contributed by atoms with Crippen molar-refractivity contribution in [1.29, 1.82) is 0 Å². The fourth-order valence-corrected chi connectivity index (χ4v) is 4.11. The van der Waals surface area contributed by atoms with Gasteiger partial charge in [-0.1, -0.05) is 30.3 Å². The molecule has 1 heterocycles. The number of nitrogens with zero attached hydrogens (tertiary/aromatic N) is 1. The number of piperidine rings is 1. The summed E-state index contributed by atoms with van der Waals surface area (Å²) in [7, 11) is 3.40. The van der Waals surface area contributed by atoms with Crippen LogP contribution in [-0.4, -0.2) is 44.6 Å². The van der Waals surface area contributed by atoms with Gasteiger partial charge in [-0.25, -0.2) is 4.79 Å². The number of ether oxygens (including phenoxy) is 3. The molecule has 0 aromatic heterocycles. The van der Waals surface area contributed by atoms with E-state index < -0.39 is 0 Å². The van der Waals surface area contributed by atoms with E-state index in [1.54, 1.807) is 14.2 Å². The maximum atomic E-state index is 12.2. The monoisotopic (exact) mass is 333 g/mol. The van der Waals surface area contributed by atoms with E-state index in [4.69, 9.17) is 14.2 Å². The zero-order valence-electron chi connectivity index (χ0n) is 14.6. The molecule has 1 saturated carbocycles. The van der Waals surface area contributed by atoms with Gasteiger partial charge in [0.15, 0.2) is 6.29 Å². The molecule has 3 rings (SSSR count). The summed E-state index contributed by atoms with van der Waals surface area (Å²) >= 11 is 0. The Labute approximate surface area is 143 Å². The second-order valence-corrected chi connectivity index (χ2v) is 7.04. The summed E-state index contributed by atoms with van der Waals surface area (Å²) in [6, 6.07) is 9.80. The van der Waals surface area contributed by atoms with Gasteiger partial charge in [-0.3, -0.25) is 0 Å². The Hall–Kier alpha value is -1.59. The Morgan fingerprint density at radius 1 is 1.17 bits per heavy atom. The highest BCUT2D eigenvalue weighted by atomic mass is 16.7. The summed E-state index contributed by atoms with van der Waals surface area (Å²) in [5.74, 6) is 0.483. The summed E-state index contributed by atoms with van der Waals surface area (Å²) in [4.78, 5) is 14.1.